The Morgan fingerprint density at radius 2 is 1.93 bits per heavy atom. The Morgan fingerprint density at radius 3 is 2.58 bits per heavy atom. The molecule has 3 atom stereocenters. The van der Waals surface area contributed by atoms with E-state index in [9.17, 15) is 28.9 Å². The van der Waals surface area contributed by atoms with Crippen LogP contribution in [0.1, 0.15) is 54.7 Å². The summed E-state index contributed by atoms with van der Waals surface area (Å²) in [7, 11) is 0. The number of hydrogen-bond donors (Lipinski definition) is 3. The van der Waals surface area contributed by atoms with Crippen LogP contribution in [0.25, 0.3) is 17.6 Å². The van der Waals surface area contributed by atoms with Crippen LogP contribution in [0.5, 0.6) is 0 Å². The van der Waals surface area contributed by atoms with Crippen molar-refractivity contribution in [3.05, 3.63) is 98.6 Å². The zero-order valence-electron chi connectivity index (χ0n) is 23.7. The van der Waals surface area contributed by atoms with E-state index in [2.05, 4.69) is 25.3 Å². The fraction of sp³-hybridized carbons (Fsp3) is 0.286. The maximum absolute atomic E-state index is 15.9. The number of benzene rings is 1. The summed E-state index contributed by atoms with van der Waals surface area (Å²) >= 11 is 6.48. The molecule has 3 heterocycles. The molecule has 1 aliphatic rings. The lowest BCUT2D eigenvalue weighted by atomic mass is 10.0. The molecule has 3 N–H and O–H groups in total. The minimum Gasteiger partial charge on any atom is -0.323 e. The smallest absolute Gasteiger partial charge is 0.323 e. The Morgan fingerprint density at radius 1 is 1.20 bits per heavy atom. The number of rotatable bonds is 9. The number of aryl methyl sites for hydroxylation is 1. The number of aliphatic imine (C=N–C) groups is 1. The molecule has 4 aromatic rings. The summed E-state index contributed by atoms with van der Waals surface area (Å²) in [5.74, 6) is -3.47. The number of nitrogens with zero attached hydrogens (tertiary/aromatic N) is 8. The van der Waals surface area contributed by atoms with Crippen LogP contribution >= 0.6 is 11.6 Å². The van der Waals surface area contributed by atoms with E-state index in [1.54, 1.807) is 13.0 Å². The normalized spacial score (nSPS) is 19.2. The molecule has 3 aromatic heterocycles. The van der Waals surface area contributed by atoms with Gasteiger partial charge in [-0.15, -0.1) is 0 Å². The summed E-state index contributed by atoms with van der Waals surface area (Å²) in [5.41, 5.74) is -1.06. The molecule has 0 bridgehead atoms. The molecule has 0 spiro atoms. The van der Waals surface area contributed by atoms with E-state index in [4.69, 9.17) is 11.6 Å². The average Bonchev–Trinajstić information content (AvgIpc) is 3.35. The monoisotopic (exact) mass is 648 g/mol. The average molecular weight is 649 g/mol. The Hall–Kier alpha value is -4.51. The summed E-state index contributed by atoms with van der Waals surface area (Å²) in [6.07, 6.45) is 2.24. The van der Waals surface area contributed by atoms with Gasteiger partial charge in [0.25, 0.3) is 5.56 Å². The van der Waals surface area contributed by atoms with Gasteiger partial charge in [0, 0.05) is 23.4 Å². The Balaban J connectivity index is 1.52. The maximum atomic E-state index is 15.9. The van der Waals surface area contributed by atoms with Crippen LogP contribution in [0.15, 0.2) is 64.7 Å². The van der Waals surface area contributed by atoms with Crippen molar-refractivity contribution in [3.63, 3.8) is 0 Å². The van der Waals surface area contributed by atoms with Gasteiger partial charge >= 0.3 is 12.6 Å². The lowest BCUT2D eigenvalue weighted by Gasteiger charge is -2.13. The first-order valence-electron chi connectivity index (χ1n) is 13.3. The zero-order valence-corrected chi connectivity index (χ0v) is 24.5. The van der Waals surface area contributed by atoms with Gasteiger partial charge < -0.3 is 15.3 Å². The third-order valence-electron chi connectivity index (χ3n) is 7.34. The van der Waals surface area contributed by atoms with Crippen LogP contribution < -0.4 is 5.56 Å². The number of aliphatic hydroxyl groups is 3. The standard InChI is InChI=1S/C28H25ClF4N8O4/c1-4-8-34-24(15-6-5-7-16(23(15)31)25-35-12-37-40(25)27(32)33)18(30)11-39-13(2)9-17(22(29)26(39)42)20-14(3)21(20)19-10-36-41(38-19)28(43,44)45/h4-12,14,20-21,27,43-45H,1-3H3/b8-4+,18-11-,34-24+. The molecule has 0 aliphatic heterocycles. The highest BCUT2D eigenvalue weighted by Crippen LogP contribution is 2.60. The molecule has 1 aromatic carbocycles. The molecular formula is C28H25ClF4N8O4. The Kier molecular flexibility index (Phi) is 8.59. The molecule has 12 nitrogen and oxygen atoms in total. The number of halogens is 5. The highest BCUT2D eigenvalue weighted by molar-refractivity contribution is 6.31. The van der Waals surface area contributed by atoms with Gasteiger partial charge in [-0.1, -0.05) is 35.5 Å². The lowest BCUT2D eigenvalue weighted by molar-refractivity contribution is -0.387. The highest BCUT2D eigenvalue weighted by atomic mass is 35.5. The molecule has 1 fully saturated rings. The van der Waals surface area contributed by atoms with Crippen molar-refractivity contribution in [1.82, 2.24) is 34.3 Å². The van der Waals surface area contributed by atoms with Crippen molar-refractivity contribution < 1.29 is 32.9 Å². The van der Waals surface area contributed by atoms with Crippen LogP contribution in [-0.2, 0) is 6.10 Å². The van der Waals surface area contributed by atoms with E-state index < -0.39 is 46.9 Å². The number of pyridine rings is 1. The van der Waals surface area contributed by atoms with Gasteiger partial charge in [-0.25, -0.2) is 13.8 Å². The molecule has 1 aliphatic carbocycles. The number of aromatic nitrogens is 7. The Labute approximate surface area is 256 Å². The van der Waals surface area contributed by atoms with Crippen molar-refractivity contribution >= 4 is 23.5 Å². The first-order chi connectivity index (χ1) is 21.3. The molecule has 45 heavy (non-hydrogen) atoms. The van der Waals surface area contributed by atoms with E-state index in [-0.39, 0.29) is 38.7 Å². The largest absolute Gasteiger partial charge is 0.405 e. The number of alkyl halides is 2. The van der Waals surface area contributed by atoms with Gasteiger partial charge in [-0.3, -0.25) is 14.4 Å². The van der Waals surface area contributed by atoms with Gasteiger partial charge in [-0.05, 0) is 49.4 Å². The SMILES string of the molecule is C/C=C/N=C(/C(F)=C/n1c(C)cc(C2C(C)C2c2cnn(C(O)(O)O)n2)c(Cl)c1=O)c1cccc(-c2ncnn2C(F)F)c1F. The summed E-state index contributed by atoms with van der Waals surface area (Å²) < 4.78 is 59.6. The van der Waals surface area contributed by atoms with Crippen molar-refractivity contribution in [2.75, 3.05) is 0 Å². The third-order valence-corrected chi connectivity index (χ3v) is 7.72. The third kappa shape index (κ3) is 5.96. The van der Waals surface area contributed by atoms with Gasteiger partial charge in [0.15, 0.2) is 11.7 Å². The Bertz CT molecular complexity index is 1910. The zero-order chi connectivity index (χ0) is 32.8. The van der Waals surface area contributed by atoms with Gasteiger partial charge in [0.2, 0.25) is 0 Å². The lowest BCUT2D eigenvalue weighted by Crippen LogP contribution is -2.34. The van der Waals surface area contributed by atoms with Crippen LogP contribution in [0, 0.1) is 18.7 Å². The molecule has 1 saturated carbocycles. The van der Waals surface area contributed by atoms with E-state index >= 15 is 8.78 Å². The van der Waals surface area contributed by atoms with Gasteiger partial charge in [-0.2, -0.15) is 28.8 Å². The summed E-state index contributed by atoms with van der Waals surface area (Å²) in [6.45, 7) is 1.87. The minimum absolute atomic E-state index is 0.106. The van der Waals surface area contributed by atoms with Crippen molar-refractivity contribution in [2.24, 2.45) is 10.9 Å². The second kappa shape index (κ2) is 12.1. The quantitative estimate of drug-likeness (QED) is 0.139. The predicted molar refractivity (Wildman–Crippen MR) is 153 cm³/mol. The second-order valence-electron chi connectivity index (χ2n) is 10.2. The highest BCUT2D eigenvalue weighted by Gasteiger charge is 2.51. The summed E-state index contributed by atoms with van der Waals surface area (Å²) in [5, 5.41) is 38.7. The molecule has 0 saturated heterocycles. The van der Waals surface area contributed by atoms with Crippen molar-refractivity contribution in [2.45, 2.75) is 45.3 Å². The topological polar surface area (TPSA) is 156 Å². The molecule has 3 unspecified atom stereocenters. The van der Waals surface area contributed by atoms with Crippen LogP contribution in [-0.4, -0.2) is 55.4 Å². The van der Waals surface area contributed by atoms with E-state index in [1.807, 2.05) is 6.92 Å². The molecule has 0 amide bonds. The maximum Gasteiger partial charge on any atom is 0.405 e. The van der Waals surface area contributed by atoms with Crippen LogP contribution in [0.2, 0.25) is 5.02 Å². The van der Waals surface area contributed by atoms with Crippen LogP contribution in [0.4, 0.5) is 17.6 Å². The first kappa shape index (κ1) is 31.9. The van der Waals surface area contributed by atoms with E-state index in [0.29, 0.717) is 16.1 Å². The molecular weight excluding hydrogens is 624 g/mol. The minimum atomic E-state index is -3.29. The molecule has 0 radical (unpaired) electrons. The van der Waals surface area contributed by atoms with E-state index in [0.717, 1.165) is 17.1 Å². The second-order valence-corrected chi connectivity index (χ2v) is 10.6. The number of hydrogen-bond acceptors (Lipinski definition) is 9. The van der Waals surface area contributed by atoms with E-state index in [1.165, 1.54) is 43.6 Å². The predicted octanol–water partition coefficient (Wildman–Crippen LogP) is 4.05. The van der Waals surface area contributed by atoms with Crippen LogP contribution in [0.3, 0.4) is 0 Å². The van der Waals surface area contributed by atoms with Crippen molar-refractivity contribution in [3.8, 4) is 11.4 Å². The fourth-order valence-corrected chi connectivity index (χ4v) is 5.44. The van der Waals surface area contributed by atoms with Gasteiger partial charge in [0.1, 0.15) is 22.9 Å². The van der Waals surface area contributed by atoms with Crippen molar-refractivity contribution in [1.29, 1.82) is 0 Å². The number of allylic oxidation sites excluding steroid dienone is 2. The molecule has 236 valence electrons. The fourth-order valence-electron chi connectivity index (χ4n) is 5.17. The molecule has 5 rings (SSSR count). The van der Waals surface area contributed by atoms with Gasteiger partial charge in [0.05, 0.1) is 23.7 Å². The summed E-state index contributed by atoms with van der Waals surface area (Å²) in [6, 6.07) is 5.27. The first-order valence-corrected chi connectivity index (χ1v) is 13.7. The molecule has 17 heteroatoms. The summed E-state index contributed by atoms with van der Waals surface area (Å²) in [4.78, 5) is 21.4.